The van der Waals surface area contributed by atoms with Crippen molar-refractivity contribution in [3.05, 3.63) is 53.9 Å². The van der Waals surface area contributed by atoms with E-state index in [4.69, 9.17) is 0 Å². The molecular formula is C20H19F3N4O4. The fourth-order valence-electron chi connectivity index (χ4n) is 3.17. The number of ether oxygens (including phenoxy) is 1. The van der Waals surface area contributed by atoms with Crippen LogP contribution in [0.15, 0.2) is 42.6 Å². The number of pyridine rings is 1. The van der Waals surface area contributed by atoms with E-state index < -0.39 is 29.6 Å². The minimum absolute atomic E-state index is 0.0829. The zero-order valence-electron chi connectivity index (χ0n) is 16.9. The van der Waals surface area contributed by atoms with Gasteiger partial charge in [0.15, 0.2) is 0 Å². The number of carbonyl (C=O) groups excluding carboxylic acids is 3. The molecule has 1 aromatic carbocycles. The van der Waals surface area contributed by atoms with E-state index in [9.17, 15) is 27.6 Å². The van der Waals surface area contributed by atoms with E-state index in [0.717, 1.165) is 17.0 Å². The van der Waals surface area contributed by atoms with Crippen molar-refractivity contribution >= 4 is 23.5 Å². The molecule has 0 aliphatic carbocycles. The number of hydrogen-bond donors (Lipinski definition) is 1. The van der Waals surface area contributed by atoms with Gasteiger partial charge in [-0.2, -0.15) is 0 Å². The predicted octanol–water partition coefficient (Wildman–Crippen LogP) is 2.74. The second-order valence-electron chi connectivity index (χ2n) is 7.37. The Kier molecular flexibility index (Phi) is 5.62. The number of nitrogens with zero attached hydrogens (tertiary/aromatic N) is 3. The van der Waals surface area contributed by atoms with Crippen LogP contribution in [0.25, 0.3) is 0 Å². The van der Waals surface area contributed by atoms with Crippen LogP contribution in [0.3, 0.4) is 0 Å². The first-order valence-electron chi connectivity index (χ1n) is 9.09. The quantitative estimate of drug-likeness (QED) is 0.728. The Labute approximate surface area is 175 Å². The summed E-state index contributed by atoms with van der Waals surface area (Å²) in [6.07, 6.45) is -3.33. The Morgan fingerprint density at radius 3 is 2.42 bits per heavy atom. The molecule has 164 valence electrons. The van der Waals surface area contributed by atoms with Gasteiger partial charge in [-0.3, -0.25) is 14.6 Å². The van der Waals surface area contributed by atoms with Gasteiger partial charge >= 0.3 is 12.4 Å². The van der Waals surface area contributed by atoms with Crippen LogP contribution in [-0.4, -0.2) is 53.7 Å². The third kappa shape index (κ3) is 4.76. The van der Waals surface area contributed by atoms with Crippen molar-refractivity contribution in [2.75, 3.05) is 19.0 Å². The number of nitrogens with one attached hydrogen (secondary N) is 1. The fourth-order valence-corrected chi connectivity index (χ4v) is 3.17. The normalized spacial score (nSPS) is 18.7. The predicted molar refractivity (Wildman–Crippen MR) is 104 cm³/mol. The third-order valence-electron chi connectivity index (χ3n) is 4.60. The number of carbonyl (C=O) groups is 3. The van der Waals surface area contributed by atoms with Gasteiger partial charge in [-0.25, -0.2) is 9.69 Å². The number of hydrogen-bond acceptors (Lipinski definition) is 5. The molecule has 1 atom stereocenters. The van der Waals surface area contributed by atoms with E-state index in [-0.39, 0.29) is 23.7 Å². The number of alkyl halides is 3. The number of aromatic nitrogens is 1. The monoisotopic (exact) mass is 436 g/mol. The molecule has 31 heavy (non-hydrogen) atoms. The molecule has 2 aromatic rings. The maximum atomic E-state index is 13.0. The molecule has 1 N–H and O–H groups in total. The summed E-state index contributed by atoms with van der Waals surface area (Å²) in [5.74, 6) is -1.36. The van der Waals surface area contributed by atoms with Crippen LogP contribution < -0.4 is 15.0 Å². The lowest BCUT2D eigenvalue weighted by Gasteiger charge is -2.22. The van der Waals surface area contributed by atoms with Crippen molar-refractivity contribution in [1.29, 1.82) is 0 Å². The Balaban J connectivity index is 1.81. The van der Waals surface area contributed by atoms with Gasteiger partial charge in [0.25, 0.3) is 11.8 Å². The Bertz CT molecular complexity index is 1020. The van der Waals surface area contributed by atoms with Crippen molar-refractivity contribution in [2.45, 2.75) is 25.2 Å². The molecule has 0 bridgehead atoms. The number of amides is 4. The van der Waals surface area contributed by atoms with E-state index in [1.807, 2.05) is 0 Å². The molecule has 0 saturated carbocycles. The van der Waals surface area contributed by atoms with Gasteiger partial charge < -0.3 is 15.0 Å². The smallest absolute Gasteiger partial charge is 0.406 e. The molecule has 4 amide bonds. The van der Waals surface area contributed by atoms with Crippen LogP contribution in [0.5, 0.6) is 5.75 Å². The molecule has 1 aromatic heterocycles. The highest BCUT2D eigenvalue weighted by Gasteiger charge is 2.48. The van der Waals surface area contributed by atoms with Crippen LogP contribution in [0.4, 0.5) is 23.7 Å². The topological polar surface area (TPSA) is 91.8 Å². The summed E-state index contributed by atoms with van der Waals surface area (Å²) in [5.41, 5.74) is -0.427. The maximum Gasteiger partial charge on any atom is 0.573 e. The summed E-state index contributed by atoms with van der Waals surface area (Å²) in [6.45, 7) is 1.53. The van der Waals surface area contributed by atoms with Crippen molar-refractivity contribution in [2.24, 2.45) is 0 Å². The van der Waals surface area contributed by atoms with Gasteiger partial charge in [0.2, 0.25) is 0 Å². The molecule has 0 spiro atoms. The van der Waals surface area contributed by atoms with Crippen molar-refractivity contribution in [3.8, 4) is 5.75 Å². The lowest BCUT2D eigenvalue weighted by Crippen LogP contribution is -2.46. The first-order chi connectivity index (χ1) is 14.4. The zero-order valence-corrected chi connectivity index (χ0v) is 16.9. The highest BCUT2D eigenvalue weighted by atomic mass is 19.4. The zero-order chi connectivity index (χ0) is 23.0. The average Bonchev–Trinajstić information content (AvgIpc) is 2.89. The number of benzene rings is 1. The van der Waals surface area contributed by atoms with Gasteiger partial charge in [0, 0.05) is 26.7 Å². The Morgan fingerprint density at radius 2 is 1.84 bits per heavy atom. The van der Waals surface area contributed by atoms with E-state index >= 15 is 0 Å². The summed E-state index contributed by atoms with van der Waals surface area (Å²) in [4.78, 5) is 43.9. The van der Waals surface area contributed by atoms with E-state index in [1.165, 1.54) is 30.2 Å². The van der Waals surface area contributed by atoms with Crippen LogP contribution >= 0.6 is 0 Å². The minimum Gasteiger partial charge on any atom is -0.406 e. The number of halogens is 3. The summed E-state index contributed by atoms with van der Waals surface area (Å²) in [5, 5.41) is 2.61. The maximum absolute atomic E-state index is 13.0. The summed E-state index contributed by atoms with van der Waals surface area (Å²) < 4.78 is 40.8. The van der Waals surface area contributed by atoms with Crippen molar-refractivity contribution in [3.63, 3.8) is 0 Å². The van der Waals surface area contributed by atoms with Crippen LogP contribution in [0, 0.1) is 0 Å². The Morgan fingerprint density at radius 1 is 1.19 bits per heavy atom. The second kappa shape index (κ2) is 7.89. The van der Waals surface area contributed by atoms with Gasteiger partial charge in [-0.1, -0.05) is 0 Å². The molecule has 1 aliphatic heterocycles. The number of rotatable bonds is 5. The molecular weight excluding hydrogens is 417 g/mol. The van der Waals surface area contributed by atoms with Crippen LogP contribution in [-0.2, 0) is 11.2 Å². The molecule has 8 nitrogen and oxygen atoms in total. The number of imide groups is 1. The summed E-state index contributed by atoms with van der Waals surface area (Å²) >= 11 is 0. The van der Waals surface area contributed by atoms with Gasteiger partial charge in [0.05, 0.1) is 5.69 Å². The molecule has 3 rings (SSSR count). The van der Waals surface area contributed by atoms with Crippen molar-refractivity contribution < 1.29 is 32.3 Å². The lowest BCUT2D eigenvalue weighted by molar-refractivity contribution is -0.274. The average molecular weight is 436 g/mol. The lowest BCUT2D eigenvalue weighted by atomic mass is 9.92. The molecule has 1 unspecified atom stereocenters. The fraction of sp³-hybridized carbons (Fsp3) is 0.300. The molecule has 11 heteroatoms. The highest BCUT2D eigenvalue weighted by Crippen LogP contribution is 2.30. The SMILES string of the molecule is CN(C)C(=O)c1cc(CC2(C)NC(=O)N(c3ccc(OC(F)(F)F)cc3)C2=O)ccn1. The third-order valence-corrected chi connectivity index (χ3v) is 4.60. The van der Waals surface area contributed by atoms with Gasteiger partial charge in [0.1, 0.15) is 17.0 Å². The van der Waals surface area contributed by atoms with E-state index in [0.29, 0.717) is 5.56 Å². The number of anilines is 1. The summed E-state index contributed by atoms with van der Waals surface area (Å²) in [7, 11) is 3.17. The Hall–Kier alpha value is -3.63. The highest BCUT2D eigenvalue weighted by molar-refractivity contribution is 6.23. The van der Waals surface area contributed by atoms with E-state index in [2.05, 4.69) is 15.0 Å². The molecule has 0 radical (unpaired) electrons. The molecule has 2 heterocycles. The molecule has 1 aliphatic rings. The second-order valence-corrected chi connectivity index (χ2v) is 7.37. The first kappa shape index (κ1) is 22.1. The van der Waals surface area contributed by atoms with Gasteiger partial charge in [-0.05, 0) is 48.9 Å². The van der Waals surface area contributed by atoms with E-state index in [1.54, 1.807) is 26.2 Å². The number of urea groups is 1. The van der Waals surface area contributed by atoms with Crippen LogP contribution in [0.2, 0.25) is 0 Å². The van der Waals surface area contributed by atoms with Crippen molar-refractivity contribution in [1.82, 2.24) is 15.2 Å². The standard InChI is InChI=1S/C20H19F3N4O4/c1-19(11-12-8-9-24-15(10-12)16(28)26(2)3)17(29)27(18(30)25-19)13-4-6-14(7-5-13)31-20(21,22)23/h4-10H,11H2,1-3H3,(H,25,30). The molecule has 1 saturated heterocycles. The summed E-state index contributed by atoms with van der Waals surface area (Å²) in [6, 6.07) is 6.86. The van der Waals surface area contributed by atoms with Crippen LogP contribution in [0.1, 0.15) is 23.0 Å². The van der Waals surface area contributed by atoms with Gasteiger partial charge in [-0.15, -0.1) is 13.2 Å². The minimum atomic E-state index is -4.85. The first-order valence-corrected chi connectivity index (χ1v) is 9.09. The molecule has 1 fully saturated rings. The largest absolute Gasteiger partial charge is 0.573 e.